The highest BCUT2D eigenvalue weighted by Gasteiger charge is 2.24. The largest absolute Gasteiger partial charge is 0.328 e. The molecule has 0 aromatic rings. The molecule has 1 aliphatic rings. The molecule has 2 nitrogen and oxygen atoms in total. The number of hydrogen-bond acceptors (Lipinski definition) is 2. The molecule has 0 aliphatic carbocycles. The molecular formula is C10H22N2. The summed E-state index contributed by atoms with van der Waals surface area (Å²) in [5.74, 6) is 0.752. The second kappa shape index (κ2) is 4.83. The molecule has 0 bridgehead atoms. The normalized spacial score (nSPS) is 27.8. The van der Waals surface area contributed by atoms with Crippen LogP contribution in [0.1, 0.15) is 33.1 Å². The predicted octanol–water partition coefficient (Wildman–Crippen LogP) is 1.46. The minimum Gasteiger partial charge on any atom is -0.328 e. The fourth-order valence-electron chi connectivity index (χ4n) is 1.88. The first kappa shape index (κ1) is 10.0. The highest BCUT2D eigenvalue weighted by Crippen LogP contribution is 2.18. The van der Waals surface area contributed by atoms with E-state index in [2.05, 4.69) is 18.7 Å². The van der Waals surface area contributed by atoms with Gasteiger partial charge in [0, 0.05) is 12.6 Å². The summed E-state index contributed by atoms with van der Waals surface area (Å²) in [7, 11) is 0. The first-order valence-electron chi connectivity index (χ1n) is 5.22. The number of unbranched alkanes of at least 4 members (excludes halogenated alkanes) is 1. The average molecular weight is 170 g/mol. The summed E-state index contributed by atoms with van der Waals surface area (Å²) in [5, 5.41) is 0. The molecule has 1 heterocycles. The molecule has 2 atom stereocenters. The van der Waals surface area contributed by atoms with E-state index >= 15 is 0 Å². The Kier molecular flexibility index (Phi) is 4.02. The second-order valence-electron chi connectivity index (χ2n) is 4.06. The van der Waals surface area contributed by atoms with Gasteiger partial charge in [-0.05, 0) is 38.8 Å². The van der Waals surface area contributed by atoms with Crippen LogP contribution in [0.4, 0.5) is 0 Å². The Bertz CT molecular complexity index is 123. The molecule has 2 heteroatoms. The SMILES string of the molecule is CCCCN1CCC(C(C)N)C1. The minimum absolute atomic E-state index is 0.386. The van der Waals surface area contributed by atoms with Gasteiger partial charge in [0.2, 0.25) is 0 Å². The molecule has 2 N–H and O–H groups in total. The molecule has 1 fully saturated rings. The van der Waals surface area contributed by atoms with Gasteiger partial charge in [0.25, 0.3) is 0 Å². The number of nitrogens with two attached hydrogens (primary N) is 1. The summed E-state index contributed by atoms with van der Waals surface area (Å²) in [5.41, 5.74) is 5.86. The topological polar surface area (TPSA) is 29.3 Å². The van der Waals surface area contributed by atoms with Crippen LogP contribution < -0.4 is 5.73 Å². The molecule has 0 aromatic carbocycles. The third-order valence-corrected chi connectivity index (χ3v) is 2.88. The van der Waals surface area contributed by atoms with Crippen LogP contribution in [0.5, 0.6) is 0 Å². The average Bonchev–Trinajstić information content (AvgIpc) is 2.48. The van der Waals surface area contributed by atoms with E-state index in [4.69, 9.17) is 5.73 Å². The van der Waals surface area contributed by atoms with E-state index in [1.807, 2.05) is 0 Å². The first-order valence-corrected chi connectivity index (χ1v) is 5.22. The fourth-order valence-corrected chi connectivity index (χ4v) is 1.88. The van der Waals surface area contributed by atoms with E-state index < -0.39 is 0 Å². The quantitative estimate of drug-likeness (QED) is 0.692. The molecule has 2 unspecified atom stereocenters. The zero-order valence-corrected chi connectivity index (χ0v) is 8.42. The lowest BCUT2D eigenvalue weighted by Gasteiger charge is -2.17. The Labute approximate surface area is 76.1 Å². The van der Waals surface area contributed by atoms with Crippen LogP contribution in [0.2, 0.25) is 0 Å². The van der Waals surface area contributed by atoms with Gasteiger partial charge in [0.1, 0.15) is 0 Å². The van der Waals surface area contributed by atoms with E-state index in [0.717, 1.165) is 5.92 Å². The van der Waals surface area contributed by atoms with Crippen molar-refractivity contribution in [2.75, 3.05) is 19.6 Å². The fraction of sp³-hybridized carbons (Fsp3) is 1.00. The summed E-state index contributed by atoms with van der Waals surface area (Å²) in [6.45, 7) is 8.16. The highest BCUT2D eigenvalue weighted by atomic mass is 15.1. The molecule has 0 aromatic heterocycles. The van der Waals surface area contributed by atoms with Crippen molar-refractivity contribution in [2.24, 2.45) is 11.7 Å². The molecule has 72 valence electrons. The summed E-state index contributed by atoms with van der Waals surface area (Å²) in [6, 6.07) is 0.386. The first-order chi connectivity index (χ1) is 5.74. The van der Waals surface area contributed by atoms with Crippen molar-refractivity contribution < 1.29 is 0 Å². The monoisotopic (exact) mass is 170 g/mol. The van der Waals surface area contributed by atoms with Gasteiger partial charge < -0.3 is 10.6 Å². The third-order valence-electron chi connectivity index (χ3n) is 2.88. The predicted molar refractivity (Wildman–Crippen MR) is 53.1 cm³/mol. The molecule has 0 spiro atoms. The zero-order valence-electron chi connectivity index (χ0n) is 8.42. The maximum Gasteiger partial charge on any atom is 0.00514 e. The van der Waals surface area contributed by atoms with Crippen LogP contribution in [0.25, 0.3) is 0 Å². The van der Waals surface area contributed by atoms with Crippen LogP contribution in [-0.4, -0.2) is 30.6 Å². The minimum atomic E-state index is 0.386. The summed E-state index contributed by atoms with van der Waals surface area (Å²) >= 11 is 0. The van der Waals surface area contributed by atoms with Gasteiger partial charge in [-0.25, -0.2) is 0 Å². The standard InChI is InChI=1S/C10H22N2/c1-3-4-6-12-7-5-10(8-12)9(2)11/h9-10H,3-8,11H2,1-2H3. The van der Waals surface area contributed by atoms with Gasteiger partial charge in [-0.15, -0.1) is 0 Å². The van der Waals surface area contributed by atoms with E-state index in [9.17, 15) is 0 Å². The molecule has 1 rings (SSSR count). The highest BCUT2D eigenvalue weighted by molar-refractivity contribution is 4.80. The summed E-state index contributed by atoms with van der Waals surface area (Å²) < 4.78 is 0. The van der Waals surface area contributed by atoms with E-state index in [1.165, 1.54) is 38.9 Å². The maximum absolute atomic E-state index is 5.86. The van der Waals surface area contributed by atoms with Crippen molar-refractivity contribution in [3.63, 3.8) is 0 Å². The molecule has 12 heavy (non-hydrogen) atoms. The van der Waals surface area contributed by atoms with Crippen molar-refractivity contribution in [1.82, 2.24) is 4.90 Å². The maximum atomic E-state index is 5.86. The van der Waals surface area contributed by atoms with Crippen molar-refractivity contribution in [3.8, 4) is 0 Å². The van der Waals surface area contributed by atoms with E-state index in [-0.39, 0.29) is 0 Å². The Morgan fingerprint density at radius 1 is 1.58 bits per heavy atom. The van der Waals surface area contributed by atoms with Crippen LogP contribution in [-0.2, 0) is 0 Å². The molecule has 0 saturated carbocycles. The van der Waals surface area contributed by atoms with E-state index in [1.54, 1.807) is 0 Å². The number of hydrogen-bond donors (Lipinski definition) is 1. The lowest BCUT2D eigenvalue weighted by Crippen LogP contribution is -2.30. The summed E-state index contributed by atoms with van der Waals surface area (Å²) in [6.07, 6.45) is 3.95. The van der Waals surface area contributed by atoms with Gasteiger partial charge in [-0.1, -0.05) is 13.3 Å². The number of nitrogens with zero attached hydrogens (tertiary/aromatic N) is 1. The van der Waals surface area contributed by atoms with Gasteiger partial charge >= 0.3 is 0 Å². The smallest absolute Gasteiger partial charge is 0.00514 e. The van der Waals surface area contributed by atoms with Gasteiger partial charge in [0.15, 0.2) is 0 Å². The Morgan fingerprint density at radius 3 is 2.83 bits per heavy atom. The van der Waals surface area contributed by atoms with Crippen molar-refractivity contribution >= 4 is 0 Å². The third kappa shape index (κ3) is 2.76. The van der Waals surface area contributed by atoms with Crippen molar-refractivity contribution in [3.05, 3.63) is 0 Å². The molecule has 0 amide bonds. The lowest BCUT2D eigenvalue weighted by atomic mass is 10.0. The van der Waals surface area contributed by atoms with Gasteiger partial charge in [-0.2, -0.15) is 0 Å². The Morgan fingerprint density at radius 2 is 2.33 bits per heavy atom. The molecule has 1 saturated heterocycles. The second-order valence-corrected chi connectivity index (χ2v) is 4.06. The Balaban J connectivity index is 2.17. The summed E-state index contributed by atoms with van der Waals surface area (Å²) in [4.78, 5) is 2.55. The Hall–Kier alpha value is -0.0800. The van der Waals surface area contributed by atoms with Gasteiger partial charge in [-0.3, -0.25) is 0 Å². The van der Waals surface area contributed by atoms with Crippen molar-refractivity contribution in [2.45, 2.75) is 39.2 Å². The molecular weight excluding hydrogens is 148 g/mol. The van der Waals surface area contributed by atoms with Crippen LogP contribution >= 0.6 is 0 Å². The number of likely N-dealkylation sites (tertiary alicyclic amines) is 1. The van der Waals surface area contributed by atoms with Crippen LogP contribution in [0.15, 0.2) is 0 Å². The van der Waals surface area contributed by atoms with Crippen molar-refractivity contribution in [1.29, 1.82) is 0 Å². The molecule has 0 radical (unpaired) electrons. The van der Waals surface area contributed by atoms with E-state index in [0.29, 0.717) is 6.04 Å². The number of rotatable bonds is 4. The molecule has 1 aliphatic heterocycles. The van der Waals surface area contributed by atoms with Crippen LogP contribution in [0.3, 0.4) is 0 Å². The lowest BCUT2D eigenvalue weighted by molar-refractivity contribution is 0.310. The van der Waals surface area contributed by atoms with Gasteiger partial charge in [0.05, 0.1) is 0 Å². The zero-order chi connectivity index (χ0) is 8.97. The van der Waals surface area contributed by atoms with Crippen LogP contribution in [0, 0.1) is 5.92 Å².